The summed E-state index contributed by atoms with van der Waals surface area (Å²) < 4.78 is 6.42. The maximum atomic E-state index is 9.90. The number of rotatable bonds is 7. The standard InChI is InChI=1S/C55H37NO2/c57-45-35-25-38(26-36-45)37-21-29-42(30-22-37)56(43-31-23-39(24-32-43)46-16-10-17-50-49-15-6-9-20-53(49)58-54(46)50)44-33-27-41(28-34-44)55(40-11-2-1-3-12-40)51-18-7-4-13-47(51)48-14-5-8-19-52(48)55/h1-36,57H. The van der Waals surface area contributed by atoms with Crippen molar-refractivity contribution in [3.05, 3.63) is 241 Å². The molecule has 10 aromatic rings. The molecule has 0 unspecified atom stereocenters. The summed E-state index contributed by atoms with van der Waals surface area (Å²) in [6, 6.07) is 77.2. The summed E-state index contributed by atoms with van der Waals surface area (Å²) in [6.45, 7) is 0. The Bertz CT molecular complexity index is 3040. The Morgan fingerprint density at radius 2 is 0.828 bits per heavy atom. The van der Waals surface area contributed by atoms with E-state index in [0.29, 0.717) is 0 Å². The van der Waals surface area contributed by atoms with Crippen molar-refractivity contribution in [2.45, 2.75) is 5.41 Å². The van der Waals surface area contributed by atoms with Crippen LogP contribution in [0.15, 0.2) is 223 Å². The van der Waals surface area contributed by atoms with E-state index in [1.807, 2.05) is 24.3 Å². The van der Waals surface area contributed by atoms with Crippen LogP contribution in [-0.2, 0) is 5.41 Å². The molecular formula is C55H37NO2. The molecule has 0 aliphatic heterocycles. The van der Waals surface area contributed by atoms with Gasteiger partial charge in [-0.15, -0.1) is 0 Å². The molecule has 9 aromatic carbocycles. The Balaban J connectivity index is 1.04. The van der Waals surface area contributed by atoms with Crippen LogP contribution in [0.2, 0.25) is 0 Å². The lowest BCUT2D eigenvalue weighted by Gasteiger charge is -2.34. The van der Waals surface area contributed by atoms with Crippen molar-refractivity contribution in [1.82, 2.24) is 0 Å². The van der Waals surface area contributed by atoms with Crippen LogP contribution < -0.4 is 4.90 Å². The van der Waals surface area contributed by atoms with E-state index >= 15 is 0 Å². The van der Waals surface area contributed by atoms with Crippen LogP contribution in [0.1, 0.15) is 22.3 Å². The number of aromatic hydroxyl groups is 1. The average molecular weight is 744 g/mol. The van der Waals surface area contributed by atoms with Crippen molar-refractivity contribution in [3.63, 3.8) is 0 Å². The molecule has 3 heteroatoms. The third kappa shape index (κ3) is 5.28. The molecule has 0 amide bonds. The molecule has 0 saturated carbocycles. The molecule has 0 spiro atoms. The lowest BCUT2D eigenvalue weighted by molar-refractivity contribution is 0.475. The molecule has 0 fully saturated rings. The lowest BCUT2D eigenvalue weighted by atomic mass is 9.68. The van der Waals surface area contributed by atoms with Gasteiger partial charge in [-0.05, 0) is 105 Å². The highest BCUT2D eigenvalue weighted by Crippen LogP contribution is 2.56. The second-order valence-electron chi connectivity index (χ2n) is 15.0. The topological polar surface area (TPSA) is 36.6 Å². The first-order valence-electron chi connectivity index (χ1n) is 19.7. The Labute approximate surface area is 337 Å². The van der Waals surface area contributed by atoms with E-state index in [9.17, 15) is 5.11 Å². The molecule has 11 rings (SSSR count). The fourth-order valence-corrected chi connectivity index (χ4v) is 9.24. The van der Waals surface area contributed by atoms with Crippen LogP contribution in [0.3, 0.4) is 0 Å². The third-order valence-corrected chi connectivity index (χ3v) is 11.9. The second-order valence-corrected chi connectivity index (χ2v) is 15.0. The molecule has 1 aliphatic carbocycles. The van der Waals surface area contributed by atoms with Gasteiger partial charge in [0, 0.05) is 33.4 Å². The maximum absolute atomic E-state index is 9.90. The van der Waals surface area contributed by atoms with Gasteiger partial charge in [-0.2, -0.15) is 0 Å². The van der Waals surface area contributed by atoms with Crippen molar-refractivity contribution >= 4 is 39.0 Å². The molecule has 1 aromatic heterocycles. The van der Waals surface area contributed by atoms with Gasteiger partial charge in [0.15, 0.2) is 0 Å². The number of furan rings is 1. The summed E-state index contributed by atoms with van der Waals surface area (Å²) in [5.41, 5.74) is 16.4. The Morgan fingerprint density at radius 1 is 0.362 bits per heavy atom. The van der Waals surface area contributed by atoms with Crippen molar-refractivity contribution in [2.24, 2.45) is 0 Å². The first kappa shape index (κ1) is 33.7. The Kier molecular flexibility index (Phi) is 7.87. The number of hydrogen-bond acceptors (Lipinski definition) is 3. The maximum Gasteiger partial charge on any atom is 0.143 e. The van der Waals surface area contributed by atoms with Gasteiger partial charge >= 0.3 is 0 Å². The molecule has 0 bridgehead atoms. The summed E-state index contributed by atoms with van der Waals surface area (Å²) in [7, 11) is 0. The van der Waals surface area contributed by atoms with Gasteiger partial charge in [-0.3, -0.25) is 0 Å². The van der Waals surface area contributed by atoms with Gasteiger partial charge in [0.2, 0.25) is 0 Å². The van der Waals surface area contributed by atoms with Crippen molar-refractivity contribution in [3.8, 4) is 39.1 Å². The number of phenols is 1. The molecule has 1 aliphatic rings. The average Bonchev–Trinajstić information content (AvgIpc) is 3.82. The molecule has 1 N–H and O–H groups in total. The lowest BCUT2D eigenvalue weighted by Crippen LogP contribution is -2.28. The molecule has 58 heavy (non-hydrogen) atoms. The number of anilines is 3. The SMILES string of the molecule is Oc1ccc(-c2ccc(N(c3ccc(-c4cccc5c4oc4ccccc45)cc3)c3ccc(C4(c5ccccc5)c5ccccc5-c5ccccc54)cc3)cc2)cc1. The van der Waals surface area contributed by atoms with Gasteiger partial charge in [-0.1, -0.05) is 164 Å². The molecular weight excluding hydrogens is 707 g/mol. The number of para-hydroxylation sites is 2. The first-order chi connectivity index (χ1) is 28.7. The number of phenolic OH excluding ortho intramolecular Hbond substituents is 1. The molecule has 0 atom stereocenters. The van der Waals surface area contributed by atoms with E-state index in [1.165, 1.54) is 33.4 Å². The molecule has 1 heterocycles. The summed E-state index contributed by atoms with van der Waals surface area (Å²) in [5, 5.41) is 12.1. The Hall–Kier alpha value is -7.62. The van der Waals surface area contributed by atoms with Crippen LogP contribution in [0.5, 0.6) is 5.75 Å². The Morgan fingerprint density at radius 3 is 1.47 bits per heavy atom. The fourth-order valence-electron chi connectivity index (χ4n) is 9.24. The number of fused-ring (bicyclic) bond motifs is 6. The van der Waals surface area contributed by atoms with Crippen LogP contribution in [0.4, 0.5) is 17.1 Å². The van der Waals surface area contributed by atoms with Gasteiger partial charge in [0.05, 0.1) is 5.41 Å². The monoisotopic (exact) mass is 743 g/mol. The predicted octanol–water partition coefficient (Wildman–Crippen LogP) is 14.5. The predicted molar refractivity (Wildman–Crippen MR) is 238 cm³/mol. The van der Waals surface area contributed by atoms with Crippen LogP contribution in [-0.4, -0.2) is 5.11 Å². The third-order valence-electron chi connectivity index (χ3n) is 11.9. The fraction of sp³-hybridized carbons (Fsp3) is 0.0182. The minimum Gasteiger partial charge on any atom is -0.508 e. The summed E-state index contributed by atoms with van der Waals surface area (Å²) in [4.78, 5) is 2.32. The molecule has 3 nitrogen and oxygen atoms in total. The largest absolute Gasteiger partial charge is 0.508 e. The highest BCUT2D eigenvalue weighted by molar-refractivity contribution is 6.09. The summed E-state index contributed by atoms with van der Waals surface area (Å²) in [5.74, 6) is 0.258. The van der Waals surface area contributed by atoms with Crippen molar-refractivity contribution in [1.29, 1.82) is 0 Å². The zero-order valence-corrected chi connectivity index (χ0v) is 31.6. The molecule has 274 valence electrons. The minimum absolute atomic E-state index is 0.258. The first-order valence-corrected chi connectivity index (χ1v) is 19.7. The van der Waals surface area contributed by atoms with Gasteiger partial charge in [-0.25, -0.2) is 0 Å². The normalized spacial score (nSPS) is 12.7. The van der Waals surface area contributed by atoms with Crippen LogP contribution in [0, 0.1) is 0 Å². The number of nitrogens with zero attached hydrogens (tertiary/aromatic N) is 1. The quantitative estimate of drug-likeness (QED) is 0.177. The van der Waals surface area contributed by atoms with E-state index in [2.05, 4.69) is 187 Å². The van der Waals surface area contributed by atoms with E-state index in [1.54, 1.807) is 12.1 Å². The highest BCUT2D eigenvalue weighted by atomic mass is 16.3. The zero-order chi connectivity index (χ0) is 38.6. The summed E-state index contributed by atoms with van der Waals surface area (Å²) >= 11 is 0. The number of hydrogen-bond donors (Lipinski definition) is 1. The van der Waals surface area contributed by atoms with E-state index in [-0.39, 0.29) is 5.75 Å². The summed E-state index contributed by atoms with van der Waals surface area (Å²) in [6.07, 6.45) is 0. The van der Waals surface area contributed by atoms with E-state index in [4.69, 9.17) is 4.42 Å². The minimum atomic E-state index is -0.469. The highest BCUT2D eigenvalue weighted by Gasteiger charge is 2.45. The van der Waals surface area contributed by atoms with Gasteiger partial charge < -0.3 is 14.4 Å². The van der Waals surface area contributed by atoms with Crippen LogP contribution >= 0.6 is 0 Å². The van der Waals surface area contributed by atoms with E-state index < -0.39 is 5.41 Å². The molecule has 0 radical (unpaired) electrons. The van der Waals surface area contributed by atoms with Crippen LogP contribution in [0.25, 0.3) is 55.3 Å². The van der Waals surface area contributed by atoms with Gasteiger partial charge in [0.25, 0.3) is 0 Å². The van der Waals surface area contributed by atoms with Crippen molar-refractivity contribution < 1.29 is 9.52 Å². The molecule has 0 saturated heterocycles. The zero-order valence-electron chi connectivity index (χ0n) is 31.6. The number of benzene rings is 9. The second kappa shape index (κ2) is 13.5. The van der Waals surface area contributed by atoms with Gasteiger partial charge in [0.1, 0.15) is 16.9 Å². The van der Waals surface area contributed by atoms with E-state index in [0.717, 1.165) is 61.3 Å². The van der Waals surface area contributed by atoms with Crippen molar-refractivity contribution in [2.75, 3.05) is 4.90 Å². The smallest absolute Gasteiger partial charge is 0.143 e.